The molecule has 0 atom stereocenters. The van der Waals surface area contributed by atoms with Crippen molar-refractivity contribution in [3.63, 3.8) is 0 Å². The van der Waals surface area contributed by atoms with Gasteiger partial charge in [-0.05, 0) is 31.9 Å². The number of nitrogens with zero attached hydrogens (tertiary/aromatic N) is 2. The van der Waals surface area contributed by atoms with E-state index in [1.807, 2.05) is 30.3 Å². The van der Waals surface area contributed by atoms with Crippen LogP contribution >= 0.6 is 0 Å². The number of piperidine rings is 1. The number of likely N-dealkylation sites (tertiary alicyclic amines) is 1. The van der Waals surface area contributed by atoms with Gasteiger partial charge in [-0.2, -0.15) is 0 Å². The Bertz CT molecular complexity index is 791. The third kappa shape index (κ3) is 2.29. The van der Waals surface area contributed by atoms with Crippen molar-refractivity contribution in [2.45, 2.75) is 19.8 Å². The second-order valence-electron chi connectivity index (χ2n) is 6.60. The summed E-state index contributed by atoms with van der Waals surface area (Å²) in [6.45, 7) is 3.42. The number of oxazole rings is 1. The highest BCUT2D eigenvalue weighted by molar-refractivity contribution is 5.96. The molecule has 24 heavy (non-hydrogen) atoms. The van der Waals surface area contributed by atoms with Gasteiger partial charge in [0.2, 0.25) is 17.6 Å². The molecule has 6 nitrogen and oxygen atoms in total. The predicted octanol–water partition coefficient (Wildman–Crippen LogP) is 2.00. The first-order chi connectivity index (χ1) is 11.6. The Morgan fingerprint density at radius 3 is 2.75 bits per heavy atom. The van der Waals surface area contributed by atoms with E-state index in [1.165, 1.54) is 0 Å². The van der Waals surface area contributed by atoms with E-state index in [2.05, 4.69) is 10.3 Å². The molecule has 2 aliphatic heterocycles. The average Bonchev–Trinajstić information content (AvgIpc) is 2.95. The van der Waals surface area contributed by atoms with Crippen molar-refractivity contribution in [3.05, 3.63) is 41.8 Å². The number of nitrogens with one attached hydrogen (secondary N) is 1. The Morgan fingerprint density at radius 1 is 1.29 bits per heavy atom. The van der Waals surface area contributed by atoms with E-state index < -0.39 is 5.41 Å². The molecule has 4 rings (SSSR count). The van der Waals surface area contributed by atoms with E-state index in [0.717, 1.165) is 24.9 Å². The number of rotatable bonds is 2. The van der Waals surface area contributed by atoms with Gasteiger partial charge in [-0.1, -0.05) is 18.2 Å². The number of carbonyl (C=O) groups excluding carboxylic acids is 2. The Labute approximate surface area is 139 Å². The first-order valence-corrected chi connectivity index (χ1v) is 8.19. The maximum atomic E-state index is 12.7. The molecule has 3 heterocycles. The Morgan fingerprint density at radius 2 is 2.04 bits per heavy atom. The summed E-state index contributed by atoms with van der Waals surface area (Å²) in [7, 11) is 0. The molecular formula is C18H19N3O3. The Hall–Kier alpha value is -2.63. The van der Waals surface area contributed by atoms with Crippen LogP contribution in [0.4, 0.5) is 0 Å². The van der Waals surface area contributed by atoms with Crippen LogP contribution in [0.25, 0.3) is 11.5 Å². The van der Waals surface area contributed by atoms with Crippen LogP contribution in [-0.4, -0.2) is 41.3 Å². The van der Waals surface area contributed by atoms with Crippen molar-refractivity contribution in [2.75, 3.05) is 19.6 Å². The van der Waals surface area contributed by atoms with E-state index >= 15 is 0 Å². The number of aryl methyl sites for hydroxylation is 1. The molecule has 2 amide bonds. The summed E-state index contributed by atoms with van der Waals surface area (Å²) < 4.78 is 5.72. The van der Waals surface area contributed by atoms with Gasteiger partial charge >= 0.3 is 0 Å². The molecule has 2 aromatic rings. The zero-order valence-corrected chi connectivity index (χ0v) is 13.5. The third-order valence-electron chi connectivity index (χ3n) is 4.89. The third-order valence-corrected chi connectivity index (χ3v) is 4.89. The minimum atomic E-state index is -0.399. The van der Waals surface area contributed by atoms with Crippen molar-refractivity contribution in [3.8, 4) is 11.5 Å². The fourth-order valence-electron chi connectivity index (χ4n) is 3.50. The van der Waals surface area contributed by atoms with Crippen molar-refractivity contribution in [1.29, 1.82) is 0 Å². The molecule has 0 unspecified atom stereocenters. The topological polar surface area (TPSA) is 75.4 Å². The predicted molar refractivity (Wildman–Crippen MR) is 87.3 cm³/mol. The van der Waals surface area contributed by atoms with Crippen LogP contribution in [0.5, 0.6) is 0 Å². The highest BCUT2D eigenvalue weighted by atomic mass is 16.4. The number of carbonyl (C=O) groups is 2. The molecule has 124 valence electrons. The normalized spacial score (nSPS) is 19.0. The van der Waals surface area contributed by atoms with Gasteiger partial charge in [0.05, 0.1) is 11.1 Å². The second kappa shape index (κ2) is 5.47. The highest BCUT2D eigenvalue weighted by Crippen LogP contribution is 2.38. The largest absolute Gasteiger partial charge is 0.431 e. The minimum Gasteiger partial charge on any atom is -0.431 e. The quantitative estimate of drug-likeness (QED) is 0.916. The van der Waals surface area contributed by atoms with Gasteiger partial charge in [-0.25, -0.2) is 4.98 Å². The fourth-order valence-corrected chi connectivity index (χ4v) is 3.50. The molecule has 2 saturated heterocycles. The van der Waals surface area contributed by atoms with Crippen LogP contribution in [0.2, 0.25) is 0 Å². The first kappa shape index (κ1) is 14.9. The summed E-state index contributed by atoms with van der Waals surface area (Å²) in [5.74, 6) is 0.588. The van der Waals surface area contributed by atoms with Crippen LogP contribution in [-0.2, 0) is 4.79 Å². The van der Waals surface area contributed by atoms with Crippen molar-refractivity contribution in [2.24, 2.45) is 5.41 Å². The lowest BCUT2D eigenvalue weighted by Gasteiger charge is -2.50. The molecular weight excluding hydrogens is 306 g/mol. The van der Waals surface area contributed by atoms with Crippen LogP contribution in [0, 0.1) is 12.3 Å². The second-order valence-corrected chi connectivity index (χ2v) is 6.60. The summed E-state index contributed by atoms with van der Waals surface area (Å²) in [5.41, 5.74) is 1.02. The lowest BCUT2D eigenvalue weighted by Crippen LogP contribution is -2.66. The van der Waals surface area contributed by atoms with Gasteiger partial charge in [-0.3, -0.25) is 9.59 Å². The van der Waals surface area contributed by atoms with Crippen molar-refractivity contribution < 1.29 is 14.0 Å². The average molecular weight is 325 g/mol. The molecule has 0 bridgehead atoms. The fraction of sp³-hybridized carbons (Fsp3) is 0.389. The standard InChI is InChI=1S/C18H19N3O3/c1-12-14(24-15(20-12)13-6-3-2-4-7-13)16(22)21-10-18(11-21)8-5-9-19-17(18)23/h2-4,6-7H,5,8-11H2,1H3,(H,19,23). The molecule has 2 fully saturated rings. The molecule has 6 heteroatoms. The number of hydrogen-bond acceptors (Lipinski definition) is 4. The number of amides is 2. The van der Waals surface area contributed by atoms with Gasteiger partial charge in [0.15, 0.2) is 0 Å². The van der Waals surface area contributed by atoms with Crippen LogP contribution in [0.15, 0.2) is 34.7 Å². The van der Waals surface area contributed by atoms with E-state index in [0.29, 0.717) is 24.7 Å². The SMILES string of the molecule is Cc1nc(-c2ccccc2)oc1C(=O)N1CC2(CCCNC2=O)C1. The number of aromatic nitrogens is 1. The monoisotopic (exact) mass is 325 g/mol. The zero-order valence-electron chi connectivity index (χ0n) is 13.5. The number of hydrogen-bond donors (Lipinski definition) is 1. The molecule has 2 aliphatic rings. The maximum absolute atomic E-state index is 12.7. The van der Waals surface area contributed by atoms with E-state index in [-0.39, 0.29) is 17.6 Å². The smallest absolute Gasteiger partial charge is 0.291 e. The van der Waals surface area contributed by atoms with Crippen LogP contribution in [0.1, 0.15) is 29.1 Å². The lowest BCUT2D eigenvalue weighted by atomic mass is 9.73. The molecule has 0 saturated carbocycles. The summed E-state index contributed by atoms with van der Waals surface area (Å²) in [6, 6.07) is 9.50. The summed E-state index contributed by atoms with van der Waals surface area (Å²) in [6.07, 6.45) is 1.81. The first-order valence-electron chi connectivity index (χ1n) is 8.19. The van der Waals surface area contributed by atoms with Gasteiger partial charge in [0, 0.05) is 25.2 Å². The molecule has 1 spiro atoms. The summed E-state index contributed by atoms with van der Waals surface area (Å²) >= 11 is 0. The number of benzene rings is 1. The van der Waals surface area contributed by atoms with E-state index in [1.54, 1.807) is 11.8 Å². The Balaban J connectivity index is 1.52. The van der Waals surface area contributed by atoms with E-state index in [4.69, 9.17) is 4.42 Å². The molecule has 1 aromatic heterocycles. The maximum Gasteiger partial charge on any atom is 0.291 e. The molecule has 0 aliphatic carbocycles. The van der Waals surface area contributed by atoms with E-state index in [9.17, 15) is 9.59 Å². The molecule has 1 N–H and O–H groups in total. The van der Waals surface area contributed by atoms with Gasteiger partial charge in [-0.15, -0.1) is 0 Å². The lowest BCUT2D eigenvalue weighted by molar-refractivity contribution is -0.142. The zero-order chi connectivity index (χ0) is 16.7. The van der Waals surface area contributed by atoms with Crippen molar-refractivity contribution >= 4 is 11.8 Å². The summed E-state index contributed by atoms with van der Waals surface area (Å²) in [5, 5.41) is 2.90. The Kier molecular flexibility index (Phi) is 3.40. The highest BCUT2D eigenvalue weighted by Gasteiger charge is 2.52. The summed E-state index contributed by atoms with van der Waals surface area (Å²) in [4.78, 5) is 30.8. The van der Waals surface area contributed by atoms with Gasteiger partial charge in [0.25, 0.3) is 5.91 Å². The minimum absolute atomic E-state index is 0.0667. The van der Waals surface area contributed by atoms with Crippen LogP contribution in [0.3, 0.4) is 0 Å². The van der Waals surface area contributed by atoms with Crippen LogP contribution < -0.4 is 5.32 Å². The van der Waals surface area contributed by atoms with Gasteiger partial charge < -0.3 is 14.6 Å². The molecule has 1 aromatic carbocycles. The van der Waals surface area contributed by atoms with Crippen molar-refractivity contribution in [1.82, 2.24) is 15.2 Å². The van der Waals surface area contributed by atoms with Gasteiger partial charge in [0.1, 0.15) is 0 Å². The molecule has 0 radical (unpaired) electrons.